The molecule has 2 amide bonds. The lowest BCUT2D eigenvalue weighted by atomic mass is 10.0. The van der Waals surface area contributed by atoms with Crippen LogP contribution in [0, 0.1) is 0 Å². The van der Waals surface area contributed by atoms with Gasteiger partial charge in [0.15, 0.2) is 0 Å². The summed E-state index contributed by atoms with van der Waals surface area (Å²) in [7, 11) is 0. The molecule has 0 heterocycles. The fourth-order valence-corrected chi connectivity index (χ4v) is 1.84. The van der Waals surface area contributed by atoms with E-state index in [2.05, 4.69) is 5.32 Å². The molecule has 0 saturated heterocycles. The van der Waals surface area contributed by atoms with Gasteiger partial charge >= 0.3 is 6.09 Å². The molecule has 130 valence electrons. The van der Waals surface area contributed by atoms with Gasteiger partial charge in [-0.15, -0.1) is 12.4 Å². The summed E-state index contributed by atoms with van der Waals surface area (Å²) in [6.07, 6.45) is -0.0382. The second kappa shape index (κ2) is 11.7. The van der Waals surface area contributed by atoms with Crippen molar-refractivity contribution in [3.05, 3.63) is 35.9 Å². The number of amides is 2. The van der Waals surface area contributed by atoms with Crippen LogP contribution in [0.2, 0.25) is 0 Å². The lowest BCUT2D eigenvalue weighted by molar-refractivity contribution is -0.127. The van der Waals surface area contributed by atoms with E-state index in [9.17, 15) is 14.7 Å². The number of hydrogen-bond acceptors (Lipinski definition) is 5. The molecule has 1 aromatic carbocycles. The van der Waals surface area contributed by atoms with Crippen LogP contribution in [0.25, 0.3) is 0 Å². The first-order valence-electron chi connectivity index (χ1n) is 7.18. The Morgan fingerprint density at radius 3 is 2.48 bits per heavy atom. The average Bonchev–Trinajstić information content (AvgIpc) is 2.52. The number of ether oxygens (including phenoxy) is 1. The van der Waals surface area contributed by atoms with Crippen LogP contribution in [-0.2, 0) is 16.1 Å². The molecule has 0 saturated carbocycles. The van der Waals surface area contributed by atoms with Gasteiger partial charge in [0.1, 0.15) is 12.7 Å². The van der Waals surface area contributed by atoms with Crippen molar-refractivity contribution in [3.8, 4) is 0 Å². The number of aliphatic hydroxyl groups is 1. The minimum Gasteiger partial charge on any atom is -0.445 e. The molecular weight excluding hydrogens is 322 g/mol. The van der Waals surface area contributed by atoms with E-state index in [0.717, 1.165) is 5.56 Å². The normalized spacial score (nSPS) is 12.6. The van der Waals surface area contributed by atoms with Crippen LogP contribution in [0.4, 0.5) is 4.79 Å². The van der Waals surface area contributed by atoms with E-state index < -0.39 is 24.1 Å². The summed E-state index contributed by atoms with van der Waals surface area (Å²) in [4.78, 5) is 22.2. The SMILES string of the molecule is Cl.NC(=O)C(O)C(N)CCCCNC(=O)OCc1ccccc1. The number of primary amides is 1. The first kappa shape index (κ1) is 21.2. The van der Waals surface area contributed by atoms with E-state index in [0.29, 0.717) is 25.8 Å². The van der Waals surface area contributed by atoms with Crippen molar-refractivity contribution in [1.29, 1.82) is 0 Å². The van der Waals surface area contributed by atoms with Gasteiger partial charge in [-0.2, -0.15) is 0 Å². The van der Waals surface area contributed by atoms with E-state index in [-0.39, 0.29) is 19.0 Å². The third kappa shape index (κ3) is 9.02. The fourth-order valence-electron chi connectivity index (χ4n) is 1.84. The van der Waals surface area contributed by atoms with Gasteiger partial charge in [-0.25, -0.2) is 4.79 Å². The molecule has 0 aliphatic heterocycles. The Morgan fingerprint density at radius 1 is 1.22 bits per heavy atom. The Labute approximate surface area is 141 Å². The van der Waals surface area contributed by atoms with Gasteiger partial charge in [-0.3, -0.25) is 4.79 Å². The second-order valence-electron chi connectivity index (χ2n) is 5.00. The molecule has 0 aliphatic rings. The quantitative estimate of drug-likeness (QED) is 0.489. The molecule has 23 heavy (non-hydrogen) atoms. The summed E-state index contributed by atoms with van der Waals surface area (Å²) >= 11 is 0. The maximum atomic E-state index is 11.5. The predicted octanol–water partition coefficient (Wildman–Crippen LogP) is 0.678. The first-order valence-corrected chi connectivity index (χ1v) is 7.18. The van der Waals surface area contributed by atoms with Crippen molar-refractivity contribution in [1.82, 2.24) is 5.32 Å². The topological polar surface area (TPSA) is 128 Å². The van der Waals surface area contributed by atoms with E-state index in [1.165, 1.54) is 0 Å². The van der Waals surface area contributed by atoms with Gasteiger partial charge < -0.3 is 26.6 Å². The number of hydrogen-bond donors (Lipinski definition) is 4. The molecule has 1 aromatic rings. The summed E-state index contributed by atoms with van der Waals surface area (Å²) < 4.78 is 5.05. The first-order chi connectivity index (χ1) is 10.5. The van der Waals surface area contributed by atoms with Crippen LogP contribution in [-0.4, -0.2) is 35.8 Å². The number of alkyl carbamates (subject to hydrolysis) is 1. The van der Waals surface area contributed by atoms with Crippen LogP contribution in [0.5, 0.6) is 0 Å². The van der Waals surface area contributed by atoms with Crippen molar-refractivity contribution >= 4 is 24.4 Å². The standard InChI is InChI=1S/C15H23N3O4.ClH/c16-12(13(19)14(17)20)8-4-5-9-18-15(21)22-10-11-6-2-1-3-7-11;/h1-3,6-7,12-13,19H,4-5,8-10,16H2,(H2,17,20)(H,18,21);1H. The molecule has 8 heteroatoms. The van der Waals surface area contributed by atoms with Gasteiger partial charge in [0.05, 0.1) is 0 Å². The predicted molar refractivity (Wildman–Crippen MR) is 88.9 cm³/mol. The Kier molecular flexibility index (Phi) is 10.8. The monoisotopic (exact) mass is 345 g/mol. The highest BCUT2D eigenvalue weighted by Gasteiger charge is 2.19. The van der Waals surface area contributed by atoms with Crippen LogP contribution in [0.15, 0.2) is 30.3 Å². The highest BCUT2D eigenvalue weighted by molar-refractivity contribution is 5.85. The minimum absolute atomic E-state index is 0. The Bertz CT molecular complexity index is 473. The number of halogens is 1. The number of unbranched alkanes of at least 4 members (excludes halogenated alkanes) is 1. The maximum absolute atomic E-state index is 11.5. The van der Waals surface area contributed by atoms with Crippen LogP contribution in [0.1, 0.15) is 24.8 Å². The molecule has 7 nitrogen and oxygen atoms in total. The smallest absolute Gasteiger partial charge is 0.407 e. The van der Waals surface area contributed by atoms with E-state index in [1.54, 1.807) is 0 Å². The number of nitrogens with one attached hydrogen (secondary N) is 1. The van der Waals surface area contributed by atoms with Crippen molar-refractivity contribution < 1.29 is 19.4 Å². The Morgan fingerprint density at radius 2 is 1.87 bits per heavy atom. The Hall–Kier alpha value is -1.83. The van der Waals surface area contributed by atoms with Crippen LogP contribution >= 0.6 is 12.4 Å². The number of nitrogens with two attached hydrogens (primary N) is 2. The summed E-state index contributed by atoms with van der Waals surface area (Å²) in [5, 5.41) is 12.0. The van der Waals surface area contributed by atoms with E-state index in [1.807, 2.05) is 30.3 Å². The zero-order valence-corrected chi connectivity index (χ0v) is 13.6. The van der Waals surface area contributed by atoms with Crippen molar-refractivity contribution in [2.24, 2.45) is 11.5 Å². The second-order valence-corrected chi connectivity index (χ2v) is 5.00. The lowest BCUT2D eigenvalue weighted by Gasteiger charge is -2.15. The molecule has 1 rings (SSSR count). The van der Waals surface area contributed by atoms with Crippen molar-refractivity contribution in [3.63, 3.8) is 0 Å². The van der Waals surface area contributed by atoms with E-state index >= 15 is 0 Å². The average molecular weight is 346 g/mol. The van der Waals surface area contributed by atoms with E-state index in [4.69, 9.17) is 16.2 Å². The van der Waals surface area contributed by atoms with Gasteiger partial charge in [-0.1, -0.05) is 36.8 Å². The summed E-state index contributed by atoms with van der Waals surface area (Å²) in [6.45, 7) is 0.662. The molecule has 0 aliphatic carbocycles. The molecule has 0 radical (unpaired) electrons. The fraction of sp³-hybridized carbons (Fsp3) is 0.467. The molecule has 0 bridgehead atoms. The van der Waals surface area contributed by atoms with Gasteiger partial charge in [0.2, 0.25) is 5.91 Å². The number of rotatable bonds is 9. The lowest BCUT2D eigenvalue weighted by Crippen LogP contribution is -2.44. The largest absolute Gasteiger partial charge is 0.445 e. The molecule has 0 aromatic heterocycles. The van der Waals surface area contributed by atoms with Crippen molar-refractivity contribution in [2.75, 3.05) is 6.54 Å². The van der Waals surface area contributed by atoms with Gasteiger partial charge in [0, 0.05) is 12.6 Å². The van der Waals surface area contributed by atoms with Crippen molar-refractivity contribution in [2.45, 2.75) is 38.0 Å². The molecular formula is C15H24ClN3O4. The zero-order chi connectivity index (χ0) is 16.4. The molecule has 2 atom stereocenters. The molecule has 0 spiro atoms. The number of carbonyl (C=O) groups is 2. The maximum Gasteiger partial charge on any atom is 0.407 e. The molecule has 0 fully saturated rings. The summed E-state index contributed by atoms with van der Waals surface area (Å²) in [5.41, 5.74) is 11.5. The summed E-state index contributed by atoms with van der Waals surface area (Å²) in [6, 6.07) is 8.71. The summed E-state index contributed by atoms with van der Waals surface area (Å²) in [5.74, 6) is -0.824. The van der Waals surface area contributed by atoms with Crippen LogP contribution < -0.4 is 16.8 Å². The Balaban J connectivity index is 0.00000484. The third-order valence-electron chi connectivity index (χ3n) is 3.14. The highest BCUT2D eigenvalue weighted by Crippen LogP contribution is 2.03. The van der Waals surface area contributed by atoms with Gasteiger partial charge in [-0.05, 0) is 18.4 Å². The number of aliphatic hydroxyl groups excluding tert-OH is 1. The number of benzene rings is 1. The molecule has 2 unspecified atom stereocenters. The zero-order valence-electron chi connectivity index (χ0n) is 12.8. The highest BCUT2D eigenvalue weighted by atomic mass is 35.5. The van der Waals surface area contributed by atoms with Crippen LogP contribution in [0.3, 0.4) is 0 Å². The number of carbonyl (C=O) groups excluding carboxylic acids is 2. The third-order valence-corrected chi connectivity index (χ3v) is 3.14. The minimum atomic E-state index is -1.33. The van der Waals surface area contributed by atoms with Gasteiger partial charge in [0.25, 0.3) is 0 Å². The molecule has 6 N–H and O–H groups in total.